The molecule has 3 heteroatoms. The highest BCUT2D eigenvalue weighted by Crippen LogP contribution is 2.60. The topological polar surface area (TPSA) is 6.48 Å². The summed E-state index contributed by atoms with van der Waals surface area (Å²) in [6, 6.07) is 66.3. The van der Waals surface area contributed by atoms with Crippen molar-refractivity contribution in [1.29, 1.82) is 0 Å². The molecular weight excluding hydrogens is 721 g/mol. The molecule has 3 saturated carbocycles. The second kappa shape index (κ2) is 14.9. The van der Waals surface area contributed by atoms with Crippen molar-refractivity contribution in [3.63, 3.8) is 0 Å². The van der Waals surface area contributed by atoms with Crippen LogP contribution in [0.2, 0.25) is 0 Å². The fourth-order valence-corrected chi connectivity index (χ4v) is 12.5. The summed E-state index contributed by atoms with van der Waals surface area (Å²) in [6.45, 7) is 0. The summed E-state index contributed by atoms with van der Waals surface area (Å²) in [6.07, 6.45) is 11.9. The monoisotopic (exact) mass is 770 g/mol. The number of fused-ring (bicyclic) bond motifs is 5. The maximum atomic E-state index is 2.52. The Morgan fingerprint density at radius 2 is 1.00 bits per heavy atom. The third-order valence-electron chi connectivity index (χ3n) is 14.0. The number of para-hydroxylation sites is 2. The van der Waals surface area contributed by atoms with Gasteiger partial charge in [-0.2, -0.15) is 0 Å². The Morgan fingerprint density at radius 1 is 0.448 bits per heavy atom. The van der Waals surface area contributed by atoms with Gasteiger partial charge in [-0.25, -0.2) is 0 Å². The zero-order chi connectivity index (χ0) is 38.5. The van der Waals surface area contributed by atoms with Crippen LogP contribution in [-0.2, 0) is 5.41 Å². The molecule has 0 N–H and O–H groups in total. The van der Waals surface area contributed by atoms with Crippen molar-refractivity contribution in [3.8, 4) is 0 Å². The Bertz CT molecular complexity index is 2620. The van der Waals surface area contributed by atoms with Gasteiger partial charge in [0.15, 0.2) is 0 Å². The smallest absolute Gasteiger partial charge is 0.0640 e. The second-order valence-electron chi connectivity index (χ2n) is 17.2. The molecule has 0 saturated heterocycles. The molecule has 0 spiro atoms. The Hall–Kier alpha value is -5.64. The lowest BCUT2D eigenvalue weighted by Crippen LogP contribution is -2.34. The van der Waals surface area contributed by atoms with E-state index in [1.54, 1.807) is 0 Å². The Labute approximate surface area is 347 Å². The highest BCUT2D eigenvalue weighted by molar-refractivity contribution is 7.26. The number of nitrogens with zero attached hydrogens (tertiary/aromatic N) is 2. The van der Waals surface area contributed by atoms with Crippen LogP contribution in [0.4, 0.5) is 34.1 Å². The molecule has 2 bridgehead atoms. The van der Waals surface area contributed by atoms with Gasteiger partial charge in [0.05, 0.1) is 10.4 Å². The molecule has 11 rings (SSSR count). The maximum Gasteiger partial charge on any atom is 0.0640 e. The SMILES string of the molecule is c1ccc(N(c2ccccc2)c2ccc(C3(c4ccc(N(c5ccc(C6CCCCC6)cc5)c5cccc6c5sc5ccccc56)cc4)CC4CCC3C4)cc2)cc1. The first-order chi connectivity index (χ1) is 28.7. The third kappa shape index (κ3) is 6.14. The minimum absolute atomic E-state index is 0.0161. The van der Waals surface area contributed by atoms with Crippen molar-refractivity contribution in [2.75, 3.05) is 9.80 Å². The summed E-state index contributed by atoms with van der Waals surface area (Å²) in [4.78, 5) is 4.90. The van der Waals surface area contributed by atoms with Crippen molar-refractivity contribution in [2.24, 2.45) is 11.8 Å². The minimum Gasteiger partial charge on any atom is -0.311 e. The van der Waals surface area contributed by atoms with Crippen LogP contribution in [0, 0.1) is 11.8 Å². The third-order valence-corrected chi connectivity index (χ3v) is 15.2. The molecule has 58 heavy (non-hydrogen) atoms. The first-order valence-corrected chi connectivity index (χ1v) is 22.5. The number of rotatable bonds is 9. The van der Waals surface area contributed by atoms with E-state index in [0.717, 1.165) is 5.92 Å². The molecule has 7 aromatic carbocycles. The molecule has 1 heterocycles. The van der Waals surface area contributed by atoms with Crippen LogP contribution in [-0.4, -0.2) is 0 Å². The van der Waals surface area contributed by atoms with E-state index in [2.05, 4.69) is 186 Å². The van der Waals surface area contributed by atoms with Crippen molar-refractivity contribution in [2.45, 2.75) is 69.1 Å². The predicted octanol–water partition coefficient (Wildman–Crippen LogP) is 16.1. The van der Waals surface area contributed by atoms with E-state index in [-0.39, 0.29) is 5.41 Å². The minimum atomic E-state index is 0.0161. The highest BCUT2D eigenvalue weighted by Gasteiger charge is 2.52. The summed E-state index contributed by atoms with van der Waals surface area (Å²) >= 11 is 1.92. The normalized spacial score (nSPS) is 20.5. The van der Waals surface area contributed by atoms with Gasteiger partial charge in [0.1, 0.15) is 0 Å². The average Bonchev–Trinajstić information content (AvgIpc) is 4.03. The van der Waals surface area contributed by atoms with Gasteiger partial charge in [-0.1, -0.05) is 129 Å². The van der Waals surface area contributed by atoms with Crippen LogP contribution in [0.15, 0.2) is 176 Å². The van der Waals surface area contributed by atoms with Crippen LogP contribution in [0.25, 0.3) is 20.2 Å². The van der Waals surface area contributed by atoms with Gasteiger partial charge in [-0.15, -0.1) is 11.3 Å². The lowest BCUT2D eigenvalue weighted by atomic mass is 9.64. The van der Waals surface area contributed by atoms with Gasteiger partial charge in [-0.3, -0.25) is 0 Å². The molecule has 3 atom stereocenters. The second-order valence-corrected chi connectivity index (χ2v) is 18.2. The number of anilines is 6. The largest absolute Gasteiger partial charge is 0.311 e. The Morgan fingerprint density at radius 3 is 1.60 bits per heavy atom. The molecule has 3 fully saturated rings. The molecule has 1 aromatic heterocycles. The van der Waals surface area contributed by atoms with E-state index in [4.69, 9.17) is 0 Å². The van der Waals surface area contributed by atoms with Crippen LogP contribution in [0.1, 0.15) is 80.4 Å². The molecule has 2 nitrogen and oxygen atoms in total. The van der Waals surface area contributed by atoms with E-state index >= 15 is 0 Å². The fraction of sp³-hybridized carbons (Fsp3) is 0.236. The molecular formula is C55H50N2S. The van der Waals surface area contributed by atoms with E-state index < -0.39 is 0 Å². The molecule has 3 aliphatic carbocycles. The van der Waals surface area contributed by atoms with Gasteiger partial charge >= 0.3 is 0 Å². The molecule has 3 aliphatic rings. The summed E-state index contributed by atoms with van der Waals surface area (Å²) in [7, 11) is 0. The molecule has 0 aliphatic heterocycles. The highest BCUT2D eigenvalue weighted by atomic mass is 32.1. The van der Waals surface area contributed by atoms with Crippen molar-refractivity contribution in [3.05, 3.63) is 193 Å². The van der Waals surface area contributed by atoms with Crippen LogP contribution in [0.5, 0.6) is 0 Å². The standard InChI is InChI=1S/C55H50N2S/c1-4-13-40(14-5-1)41-24-31-48(32-25-41)57(52-21-12-20-51-50-19-10-11-22-53(50)58-54(51)52)49-35-29-43(30-36-49)55(38-39-23-26-44(55)37-39)42-27-33-47(34-28-42)56(45-15-6-2-7-16-45)46-17-8-3-9-18-46/h2-3,6-12,15-22,24-25,27-36,39-40,44H,1,4-5,13-14,23,26,37-38H2. The zero-order valence-corrected chi connectivity index (χ0v) is 34.0. The average molecular weight is 771 g/mol. The number of hydrogen-bond donors (Lipinski definition) is 0. The molecule has 8 aromatic rings. The Kier molecular flexibility index (Phi) is 9.15. The van der Waals surface area contributed by atoms with E-state index in [0.29, 0.717) is 11.8 Å². The molecule has 0 amide bonds. The number of hydrogen-bond acceptors (Lipinski definition) is 3. The van der Waals surface area contributed by atoms with E-state index in [1.807, 2.05) is 11.3 Å². The molecule has 0 radical (unpaired) electrons. The zero-order valence-electron chi connectivity index (χ0n) is 33.1. The Balaban J connectivity index is 0.992. The van der Waals surface area contributed by atoms with E-state index in [9.17, 15) is 0 Å². The van der Waals surface area contributed by atoms with Gasteiger partial charge in [-0.05, 0) is 139 Å². The number of benzene rings is 7. The quantitative estimate of drug-likeness (QED) is 0.144. The van der Waals surface area contributed by atoms with Gasteiger partial charge in [0.25, 0.3) is 0 Å². The van der Waals surface area contributed by atoms with Crippen molar-refractivity contribution >= 4 is 65.6 Å². The first-order valence-electron chi connectivity index (χ1n) is 21.6. The van der Waals surface area contributed by atoms with Gasteiger partial charge < -0.3 is 9.80 Å². The predicted molar refractivity (Wildman–Crippen MR) is 247 cm³/mol. The van der Waals surface area contributed by atoms with Crippen LogP contribution >= 0.6 is 11.3 Å². The molecule has 286 valence electrons. The lowest BCUT2D eigenvalue weighted by Gasteiger charge is -2.40. The van der Waals surface area contributed by atoms with Gasteiger partial charge in [0.2, 0.25) is 0 Å². The van der Waals surface area contributed by atoms with Crippen molar-refractivity contribution < 1.29 is 0 Å². The van der Waals surface area contributed by atoms with E-state index in [1.165, 1.54) is 129 Å². The lowest BCUT2D eigenvalue weighted by molar-refractivity contribution is 0.320. The van der Waals surface area contributed by atoms with Crippen molar-refractivity contribution in [1.82, 2.24) is 0 Å². The van der Waals surface area contributed by atoms with Crippen LogP contribution < -0.4 is 9.80 Å². The number of thiophene rings is 1. The fourth-order valence-electron chi connectivity index (χ4n) is 11.3. The van der Waals surface area contributed by atoms with Crippen LogP contribution in [0.3, 0.4) is 0 Å². The molecule has 3 unspecified atom stereocenters. The first kappa shape index (κ1) is 35.5. The summed E-state index contributed by atoms with van der Waals surface area (Å²) < 4.78 is 2.68. The summed E-state index contributed by atoms with van der Waals surface area (Å²) in [5, 5.41) is 2.67. The maximum absolute atomic E-state index is 2.52. The summed E-state index contributed by atoms with van der Waals surface area (Å²) in [5.74, 6) is 2.14. The van der Waals surface area contributed by atoms with Gasteiger partial charge in [0, 0.05) is 49.3 Å². The summed E-state index contributed by atoms with van der Waals surface area (Å²) in [5.41, 5.74) is 11.7.